The maximum atomic E-state index is 12.8. The van der Waals surface area contributed by atoms with Crippen LogP contribution in [0, 0.1) is 12.7 Å². The summed E-state index contributed by atoms with van der Waals surface area (Å²) in [5, 5.41) is 0. The lowest BCUT2D eigenvalue weighted by atomic mass is 10.1. The highest BCUT2D eigenvalue weighted by molar-refractivity contribution is 8.01. The Morgan fingerprint density at radius 2 is 2.00 bits per heavy atom. The largest absolute Gasteiger partial charge is 0.369 e. The number of aryl methyl sites for hydroxylation is 1. The first-order valence-corrected chi connectivity index (χ1v) is 8.92. The van der Waals surface area contributed by atoms with E-state index >= 15 is 0 Å². The number of carbonyl (C=O) groups excluding carboxylic acids is 2. The number of aromatic nitrogens is 1. The molecule has 122 valence electrons. The molecule has 0 atom stereocenters. The number of halogens is 1. The van der Waals surface area contributed by atoms with Gasteiger partial charge < -0.3 is 5.73 Å². The van der Waals surface area contributed by atoms with Crippen molar-refractivity contribution in [3.8, 4) is 0 Å². The lowest BCUT2D eigenvalue weighted by molar-refractivity contribution is -0.117. The van der Waals surface area contributed by atoms with E-state index < -0.39 is 0 Å². The second-order valence-corrected chi connectivity index (χ2v) is 7.44. The first kappa shape index (κ1) is 17.6. The molecule has 1 amide bonds. The zero-order valence-corrected chi connectivity index (χ0v) is 14.3. The molecule has 0 bridgehead atoms. The Morgan fingerprint density at radius 3 is 2.65 bits per heavy atom. The molecule has 23 heavy (non-hydrogen) atoms. The van der Waals surface area contributed by atoms with Gasteiger partial charge >= 0.3 is 0 Å². The molecule has 1 heterocycles. The summed E-state index contributed by atoms with van der Waals surface area (Å²) >= 11 is 3.03. The molecular formula is C16H17FN2O2S2. The SMILES string of the molecule is Cc1nc(SCCCC(=O)c2ccc(F)cc2)sc1CC(N)=O. The number of nitrogens with two attached hydrogens (primary N) is 1. The van der Waals surface area contributed by atoms with Gasteiger partial charge in [0.05, 0.1) is 12.1 Å². The molecule has 2 rings (SSSR count). The van der Waals surface area contributed by atoms with Crippen LogP contribution >= 0.6 is 23.1 Å². The molecule has 0 unspecified atom stereocenters. The van der Waals surface area contributed by atoms with Gasteiger partial charge in [-0.2, -0.15) is 0 Å². The fraction of sp³-hybridized carbons (Fsp3) is 0.312. The number of hydrogen-bond acceptors (Lipinski definition) is 5. The van der Waals surface area contributed by atoms with Crippen LogP contribution in [-0.4, -0.2) is 22.4 Å². The van der Waals surface area contributed by atoms with Crippen LogP contribution in [0.2, 0.25) is 0 Å². The average molecular weight is 352 g/mol. The number of rotatable bonds is 8. The number of thiazole rings is 1. The number of hydrogen-bond donors (Lipinski definition) is 1. The van der Waals surface area contributed by atoms with Crippen molar-refractivity contribution in [2.45, 2.75) is 30.5 Å². The Hall–Kier alpha value is -1.73. The van der Waals surface area contributed by atoms with E-state index in [2.05, 4.69) is 4.98 Å². The van der Waals surface area contributed by atoms with Gasteiger partial charge in [0.2, 0.25) is 5.91 Å². The van der Waals surface area contributed by atoms with Crippen molar-refractivity contribution in [3.05, 3.63) is 46.2 Å². The van der Waals surface area contributed by atoms with Crippen molar-refractivity contribution in [2.24, 2.45) is 5.73 Å². The molecule has 2 aromatic rings. The lowest BCUT2D eigenvalue weighted by Gasteiger charge is -2.00. The number of Topliss-reactive ketones (excluding diaryl/α,β-unsaturated/α-hetero) is 1. The lowest BCUT2D eigenvalue weighted by Crippen LogP contribution is -2.13. The van der Waals surface area contributed by atoms with E-state index in [9.17, 15) is 14.0 Å². The summed E-state index contributed by atoms with van der Waals surface area (Å²) in [5.74, 6) is 0.0622. The molecule has 0 saturated heterocycles. The van der Waals surface area contributed by atoms with Gasteiger partial charge in [0.25, 0.3) is 0 Å². The number of primary amides is 1. The van der Waals surface area contributed by atoms with Gasteiger partial charge in [0, 0.05) is 22.6 Å². The Labute approximate surface area is 142 Å². The fourth-order valence-corrected chi connectivity index (χ4v) is 4.21. The van der Waals surface area contributed by atoms with Gasteiger partial charge in [-0.3, -0.25) is 9.59 Å². The second-order valence-electron chi connectivity index (χ2n) is 5.01. The standard InChI is InChI=1S/C16H17FN2O2S2/c1-10-14(9-15(18)21)23-16(19-10)22-8-2-3-13(20)11-4-6-12(17)7-5-11/h4-7H,2-3,8-9H2,1H3,(H2,18,21). The number of thioether (sulfide) groups is 1. The van der Waals surface area contributed by atoms with Crippen molar-refractivity contribution in [2.75, 3.05) is 5.75 Å². The molecule has 1 aromatic carbocycles. The highest BCUT2D eigenvalue weighted by Crippen LogP contribution is 2.28. The summed E-state index contributed by atoms with van der Waals surface area (Å²) in [6.45, 7) is 1.86. The maximum Gasteiger partial charge on any atom is 0.222 e. The van der Waals surface area contributed by atoms with Gasteiger partial charge in [-0.25, -0.2) is 9.37 Å². The van der Waals surface area contributed by atoms with Crippen LogP contribution in [0.5, 0.6) is 0 Å². The van der Waals surface area contributed by atoms with E-state index in [1.165, 1.54) is 35.6 Å². The smallest absolute Gasteiger partial charge is 0.222 e. The number of benzene rings is 1. The Kier molecular flexibility index (Phi) is 6.29. The minimum atomic E-state index is -0.363. The van der Waals surface area contributed by atoms with Gasteiger partial charge in [0.1, 0.15) is 10.2 Å². The molecule has 2 N–H and O–H groups in total. The highest BCUT2D eigenvalue weighted by Gasteiger charge is 2.11. The number of nitrogens with zero attached hydrogens (tertiary/aromatic N) is 1. The normalized spacial score (nSPS) is 10.7. The maximum absolute atomic E-state index is 12.8. The molecule has 0 fully saturated rings. The monoisotopic (exact) mass is 352 g/mol. The third-order valence-electron chi connectivity index (χ3n) is 3.15. The van der Waals surface area contributed by atoms with Gasteiger partial charge in [-0.1, -0.05) is 11.8 Å². The van der Waals surface area contributed by atoms with Crippen LogP contribution in [0.4, 0.5) is 4.39 Å². The summed E-state index contributed by atoms with van der Waals surface area (Å²) < 4.78 is 13.7. The topological polar surface area (TPSA) is 73.1 Å². The minimum absolute atomic E-state index is 0.00957. The Bertz CT molecular complexity index is 699. The van der Waals surface area contributed by atoms with Crippen molar-refractivity contribution in [3.63, 3.8) is 0 Å². The van der Waals surface area contributed by atoms with Gasteiger partial charge in [0.15, 0.2) is 5.78 Å². The molecule has 0 aliphatic rings. The highest BCUT2D eigenvalue weighted by atomic mass is 32.2. The van der Waals surface area contributed by atoms with E-state index in [1.54, 1.807) is 11.8 Å². The Balaban J connectivity index is 1.78. The predicted octanol–water partition coefficient (Wildman–Crippen LogP) is 3.37. The summed E-state index contributed by atoms with van der Waals surface area (Å²) in [5.41, 5.74) is 6.56. The first-order valence-electron chi connectivity index (χ1n) is 7.12. The summed E-state index contributed by atoms with van der Waals surface area (Å²) in [6.07, 6.45) is 1.34. The van der Waals surface area contributed by atoms with Crippen molar-refractivity contribution < 1.29 is 14.0 Å². The number of amides is 1. The van der Waals surface area contributed by atoms with Crippen LogP contribution in [0.3, 0.4) is 0 Å². The van der Waals surface area contributed by atoms with Gasteiger partial charge in [-0.15, -0.1) is 11.3 Å². The van der Waals surface area contributed by atoms with Crippen LogP contribution in [0.1, 0.15) is 33.8 Å². The molecule has 0 spiro atoms. The molecular weight excluding hydrogens is 335 g/mol. The molecule has 7 heteroatoms. The minimum Gasteiger partial charge on any atom is -0.369 e. The van der Waals surface area contributed by atoms with Crippen LogP contribution < -0.4 is 5.73 Å². The average Bonchev–Trinajstić information content (AvgIpc) is 2.83. The predicted molar refractivity (Wildman–Crippen MR) is 90.4 cm³/mol. The molecule has 0 radical (unpaired) electrons. The zero-order chi connectivity index (χ0) is 16.8. The van der Waals surface area contributed by atoms with E-state index in [0.29, 0.717) is 18.4 Å². The quantitative estimate of drug-likeness (QED) is 0.449. The van der Waals surface area contributed by atoms with Crippen LogP contribution in [0.25, 0.3) is 0 Å². The Morgan fingerprint density at radius 1 is 1.30 bits per heavy atom. The third kappa shape index (κ3) is 5.44. The van der Waals surface area contributed by atoms with E-state index in [1.807, 2.05) is 6.92 Å². The van der Waals surface area contributed by atoms with E-state index in [4.69, 9.17) is 5.73 Å². The number of ketones is 1. The van der Waals surface area contributed by atoms with Gasteiger partial charge in [-0.05, 0) is 37.6 Å². The molecule has 0 saturated carbocycles. The fourth-order valence-electron chi connectivity index (χ4n) is 1.96. The van der Waals surface area contributed by atoms with E-state index in [-0.39, 0.29) is 23.9 Å². The van der Waals surface area contributed by atoms with Crippen LogP contribution in [-0.2, 0) is 11.2 Å². The van der Waals surface area contributed by atoms with Crippen molar-refractivity contribution in [1.29, 1.82) is 0 Å². The van der Waals surface area contributed by atoms with Crippen molar-refractivity contribution in [1.82, 2.24) is 4.98 Å². The first-order chi connectivity index (χ1) is 11.0. The third-order valence-corrected chi connectivity index (χ3v) is 5.53. The number of carbonyl (C=O) groups is 2. The molecule has 4 nitrogen and oxygen atoms in total. The molecule has 1 aromatic heterocycles. The molecule has 0 aliphatic carbocycles. The summed E-state index contributed by atoms with van der Waals surface area (Å²) in [6, 6.07) is 5.59. The second kappa shape index (κ2) is 8.21. The van der Waals surface area contributed by atoms with Crippen LogP contribution in [0.15, 0.2) is 28.6 Å². The zero-order valence-electron chi connectivity index (χ0n) is 12.7. The molecule has 0 aliphatic heterocycles. The van der Waals surface area contributed by atoms with E-state index in [0.717, 1.165) is 20.7 Å². The summed E-state index contributed by atoms with van der Waals surface area (Å²) in [4.78, 5) is 28.2. The summed E-state index contributed by atoms with van der Waals surface area (Å²) in [7, 11) is 0. The van der Waals surface area contributed by atoms with Crippen molar-refractivity contribution >= 4 is 34.8 Å².